The Balaban J connectivity index is 1.40. The number of nitrogens with zero attached hydrogens (tertiary/aromatic N) is 2. The fourth-order valence-corrected chi connectivity index (χ4v) is 4.05. The van der Waals surface area contributed by atoms with Crippen LogP contribution in [-0.2, 0) is 19.6 Å². The number of halogens is 1. The molecule has 1 N–H and O–H groups in total. The zero-order chi connectivity index (χ0) is 20.5. The Bertz CT molecular complexity index is 1250. The van der Waals surface area contributed by atoms with Gasteiger partial charge in [0.25, 0.3) is 5.56 Å². The average molecular weight is 403 g/mol. The van der Waals surface area contributed by atoms with E-state index in [4.69, 9.17) is 4.74 Å². The summed E-state index contributed by atoms with van der Waals surface area (Å²) in [5.41, 5.74) is 4.95. The van der Waals surface area contributed by atoms with Gasteiger partial charge in [-0.15, -0.1) is 0 Å². The number of H-pyrrole nitrogens is 1. The highest BCUT2D eigenvalue weighted by Gasteiger charge is 2.20. The summed E-state index contributed by atoms with van der Waals surface area (Å²) in [6, 6.07) is 19.1. The first kappa shape index (κ1) is 18.6. The van der Waals surface area contributed by atoms with Crippen molar-refractivity contribution in [3.05, 3.63) is 94.0 Å². The van der Waals surface area contributed by atoms with Gasteiger partial charge in [0.2, 0.25) is 0 Å². The van der Waals surface area contributed by atoms with Crippen LogP contribution in [0.2, 0.25) is 0 Å². The van der Waals surface area contributed by atoms with Crippen LogP contribution in [0.3, 0.4) is 0 Å². The van der Waals surface area contributed by atoms with Gasteiger partial charge in [0.1, 0.15) is 19.2 Å². The van der Waals surface area contributed by atoms with Crippen molar-refractivity contribution in [1.82, 2.24) is 14.5 Å². The third-order valence-electron chi connectivity index (χ3n) is 5.62. The van der Waals surface area contributed by atoms with E-state index in [0.29, 0.717) is 18.9 Å². The Morgan fingerprint density at radius 3 is 2.73 bits per heavy atom. The van der Waals surface area contributed by atoms with E-state index in [0.717, 1.165) is 40.8 Å². The van der Waals surface area contributed by atoms with Crippen molar-refractivity contribution in [1.29, 1.82) is 0 Å². The Morgan fingerprint density at radius 1 is 1.07 bits per heavy atom. The quantitative estimate of drug-likeness (QED) is 0.509. The van der Waals surface area contributed by atoms with Gasteiger partial charge >= 0.3 is 0 Å². The lowest BCUT2D eigenvalue weighted by molar-refractivity contribution is 0.168. The SMILES string of the molecule is O=c1cc(OCc2ccccc2)ccn1-c1ccc2c3c([nH]c2c1)CN(CF)CC3. The van der Waals surface area contributed by atoms with Crippen molar-refractivity contribution in [2.75, 3.05) is 13.3 Å². The molecule has 0 amide bonds. The zero-order valence-corrected chi connectivity index (χ0v) is 16.5. The van der Waals surface area contributed by atoms with E-state index in [-0.39, 0.29) is 5.56 Å². The van der Waals surface area contributed by atoms with Crippen molar-refractivity contribution in [3.8, 4) is 11.4 Å². The number of ether oxygens (including phenoxy) is 1. The van der Waals surface area contributed by atoms with E-state index in [2.05, 4.69) is 4.98 Å². The standard InChI is InChI=1S/C24H22FN3O2/c25-16-27-10-9-21-20-7-6-18(12-22(20)26-23(21)14-27)28-11-8-19(13-24(28)29)30-15-17-4-2-1-3-5-17/h1-8,11-13,26H,9-10,14-16H2. The number of aromatic amines is 1. The normalized spacial score (nSPS) is 14.0. The van der Waals surface area contributed by atoms with Gasteiger partial charge in [-0.25, -0.2) is 4.39 Å². The van der Waals surface area contributed by atoms with Crippen LogP contribution in [-0.4, -0.2) is 27.8 Å². The van der Waals surface area contributed by atoms with Gasteiger partial charge in [-0.2, -0.15) is 0 Å². The number of nitrogens with one attached hydrogen (secondary N) is 1. The van der Waals surface area contributed by atoms with Gasteiger partial charge in [0.15, 0.2) is 0 Å². The van der Waals surface area contributed by atoms with E-state index in [1.807, 2.05) is 48.5 Å². The van der Waals surface area contributed by atoms with Crippen LogP contribution < -0.4 is 10.3 Å². The smallest absolute Gasteiger partial charge is 0.258 e. The Kier molecular flexibility index (Phi) is 4.85. The predicted octanol–water partition coefficient (Wildman–Crippen LogP) is 4.18. The summed E-state index contributed by atoms with van der Waals surface area (Å²) in [4.78, 5) is 17.9. The maximum absolute atomic E-state index is 13.0. The van der Waals surface area contributed by atoms with Crippen molar-refractivity contribution in [2.24, 2.45) is 0 Å². The molecular weight excluding hydrogens is 381 g/mol. The van der Waals surface area contributed by atoms with Crippen LogP contribution in [0.1, 0.15) is 16.8 Å². The van der Waals surface area contributed by atoms with Crippen LogP contribution in [0.4, 0.5) is 4.39 Å². The summed E-state index contributed by atoms with van der Waals surface area (Å²) in [7, 11) is 0. The van der Waals surface area contributed by atoms with E-state index in [9.17, 15) is 9.18 Å². The molecule has 0 unspecified atom stereocenters. The van der Waals surface area contributed by atoms with Crippen molar-refractivity contribution >= 4 is 10.9 Å². The molecular formula is C24H22FN3O2. The highest BCUT2D eigenvalue weighted by Crippen LogP contribution is 2.29. The Labute approximate surface area is 173 Å². The molecule has 6 heteroatoms. The zero-order valence-electron chi connectivity index (χ0n) is 16.5. The van der Waals surface area contributed by atoms with E-state index in [1.54, 1.807) is 21.7 Å². The molecule has 2 aromatic heterocycles. The predicted molar refractivity (Wildman–Crippen MR) is 115 cm³/mol. The van der Waals surface area contributed by atoms with Crippen LogP contribution >= 0.6 is 0 Å². The molecule has 0 spiro atoms. The number of hydrogen-bond donors (Lipinski definition) is 1. The summed E-state index contributed by atoms with van der Waals surface area (Å²) in [6.07, 6.45) is 2.56. The minimum Gasteiger partial charge on any atom is -0.489 e. The molecule has 2 aromatic carbocycles. The second kappa shape index (κ2) is 7.80. The first-order chi connectivity index (χ1) is 14.7. The van der Waals surface area contributed by atoms with Gasteiger partial charge in [-0.05, 0) is 35.7 Å². The van der Waals surface area contributed by atoms with Gasteiger partial charge in [0, 0.05) is 41.9 Å². The lowest BCUT2D eigenvalue weighted by Crippen LogP contribution is -2.29. The molecule has 4 aromatic rings. The lowest BCUT2D eigenvalue weighted by Gasteiger charge is -2.23. The molecule has 5 rings (SSSR count). The Hall–Kier alpha value is -3.38. The number of fused-ring (bicyclic) bond motifs is 3. The number of rotatable bonds is 5. The number of benzene rings is 2. The van der Waals surface area contributed by atoms with Crippen molar-refractivity contribution in [3.63, 3.8) is 0 Å². The number of pyridine rings is 1. The first-order valence-corrected chi connectivity index (χ1v) is 10.0. The molecule has 0 saturated carbocycles. The van der Waals surface area contributed by atoms with Crippen molar-refractivity contribution in [2.45, 2.75) is 19.6 Å². The van der Waals surface area contributed by atoms with Crippen LogP contribution in [0.5, 0.6) is 5.75 Å². The monoisotopic (exact) mass is 403 g/mol. The van der Waals surface area contributed by atoms with Gasteiger partial charge in [-0.1, -0.05) is 36.4 Å². The van der Waals surface area contributed by atoms with Crippen molar-refractivity contribution < 1.29 is 9.13 Å². The topological polar surface area (TPSA) is 50.3 Å². The second-order valence-electron chi connectivity index (χ2n) is 7.58. The van der Waals surface area contributed by atoms with Crippen LogP contribution in [0.25, 0.3) is 16.6 Å². The van der Waals surface area contributed by atoms with Crippen LogP contribution in [0, 0.1) is 0 Å². The Morgan fingerprint density at radius 2 is 1.93 bits per heavy atom. The largest absolute Gasteiger partial charge is 0.489 e. The maximum Gasteiger partial charge on any atom is 0.258 e. The molecule has 0 fully saturated rings. The third kappa shape index (κ3) is 3.50. The molecule has 30 heavy (non-hydrogen) atoms. The summed E-state index contributed by atoms with van der Waals surface area (Å²) < 4.78 is 20.4. The summed E-state index contributed by atoms with van der Waals surface area (Å²) in [5.74, 6) is 0.544. The molecule has 0 atom stereocenters. The number of hydrogen-bond acceptors (Lipinski definition) is 3. The molecule has 3 heterocycles. The summed E-state index contributed by atoms with van der Waals surface area (Å²) in [6.45, 7) is 1.29. The van der Waals surface area contributed by atoms with E-state index >= 15 is 0 Å². The minimum absolute atomic E-state index is 0.153. The molecule has 5 nitrogen and oxygen atoms in total. The first-order valence-electron chi connectivity index (χ1n) is 10.0. The molecule has 152 valence electrons. The minimum atomic E-state index is -0.436. The number of alkyl halides is 1. The molecule has 0 bridgehead atoms. The van der Waals surface area contributed by atoms with Crippen LogP contribution in [0.15, 0.2) is 71.7 Å². The number of aromatic nitrogens is 2. The van der Waals surface area contributed by atoms with E-state index in [1.165, 1.54) is 11.6 Å². The summed E-state index contributed by atoms with van der Waals surface area (Å²) >= 11 is 0. The lowest BCUT2D eigenvalue weighted by atomic mass is 10.0. The summed E-state index contributed by atoms with van der Waals surface area (Å²) in [5, 5.41) is 1.14. The third-order valence-corrected chi connectivity index (χ3v) is 5.62. The maximum atomic E-state index is 13.0. The molecule has 0 saturated heterocycles. The van der Waals surface area contributed by atoms with Gasteiger partial charge < -0.3 is 9.72 Å². The van der Waals surface area contributed by atoms with Gasteiger partial charge in [0.05, 0.1) is 5.69 Å². The second-order valence-corrected chi connectivity index (χ2v) is 7.58. The molecule has 0 radical (unpaired) electrons. The van der Waals surface area contributed by atoms with Gasteiger partial charge in [-0.3, -0.25) is 14.3 Å². The fourth-order valence-electron chi connectivity index (χ4n) is 4.05. The average Bonchev–Trinajstić information content (AvgIpc) is 3.15. The fraction of sp³-hybridized carbons (Fsp3) is 0.208. The van der Waals surface area contributed by atoms with E-state index < -0.39 is 6.80 Å². The molecule has 0 aliphatic carbocycles. The highest BCUT2D eigenvalue weighted by molar-refractivity contribution is 5.86. The molecule has 1 aliphatic rings. The highest BCUT2D eigenvalue weighted by atomic mass is 19.1. The molecule has 1 aliphatic heterocycles.